The zero-order chi connectivity index (χ0) is 12.8. The molecular formula is C14H21N3O. The van der Waals surface area contributed by atoms with Gasteiger partial charge in [0.05, 0.1) is 7.11 Å². The molecule has 1 saturated carbocycles. The van der Waals surface area contributed by atoms with Gasteiger partial charge in [-0.25, -0.2) is 0 Å². The molecule has 1 aliphatic rings. The lowest BCUT2D eigenvalue weighted by molar-refractivity contribution is 0.414. The van der Waals surface area contributed by atoms with Crippen LogP contribution in [0.1, 0.15) is 18.4 Å². The molecule has 0 unspecified atom stereocenters. The molecule has 0 spiro atoms. The summed E-state index contributed by atoms with van der Waals surface area (Å²) in [4.78, 5) is 4.21. The minimum absolute atomic E-state index is 0.752. The molecule has 18 heavy (non-hydrogen) atoms. The molecule has 4 nitrogen and oxygen atoms in total. The van der Waals surface area contributed by atoms with Crippen molar-refractivity contribution in [1.82, 2.24) is 10.6 Å². The Balaban J connectivity index is 1.80. The van der Waals surface area contributed by atoms with Crippen molar-refractivity contribution < 1.29 is 4.74 Å². The molecule has 1 fully saturated rings. The van der Waals surface area contributed by atoms with Gasteiger partial charge in [0.2, 0.25) is 0 Å². The minimum Gasteiger partial charge on any atom is -0.497 e. The Morgan fingerprint density at radius 1 is 1.39 bits per heavy atom. The normalized spacial score (nSPS) is 15.3. The first-order valence-electron chi connectivity index (χ1n) is 6.39. The molecule has 0 amide bonds. The monoisotopic (exact) mass is 247 g/mol. The van der Waals surface area contributed by atoms with Crippen molar-refractivity contribution in [2.75, 3.05) is 20.7 Å². The molecule has 1 aromatic rings. The maximum absolute atomic E-state index is 5.20. The largest absolute Gasteiger partial charge is 0.497 e. The second-order valence-electron chi connectivity index (χ2n) is 4.60. The van der Waals surface area contributed by atoms with Crippen LogP contribution in [0.2, 0.25) is 0 Å². The van der Waals surface area contributed by atoms with Crippen molar-refractivity contribution in [2.45, 2.75) is 19.4 Å². The fraction of sp³-hybridized carbons (Fsp3) is 0.500. The summed E-state index contributed by atoms with van der Waals surface area (Å²) in [7, 11) is 3.48. The highest BCUT2D eigenvalue weighted by Gasteiger charge is 2.20. The molecule has 0 atom stereocenters. The van der Waals surface area contributed by atoms with Crippen LogP contribution in [0.5, 0.6) is 5.75 Å². The second-order valence-corrected chi connectivity index (χ2v) is 4.60. The summed E-state index contributed by atoms with van der Waals surface area (Å²) in [6.45, 7) is 1.78. The third-order valence-electron chi connectivity index (χ3n) is 3.07. The van der Waals surface area contributed by atoms with Crippen molar-refractivity contribution in [3.63, 3.8) is 0 Å². The van der Waals surface area contributed by atoms with Crippen LogP contribution in [-0.4, -0.2) is 26.7 Å². The maximum Gasteiger partial charge on any atom is 0.191 e. The molecule has 0 bridgehead atoms. The highest BCUT2D eigenvalue weighted by molar-refractivity contribution is 5.79. The molecule has 2 N–H and O–H groups in total. The standard InChI is InChI=1S/C14H21N3O/c1-15-14(16-9-11-6-7-11)17-10-12-4-3-5-13(8-12)18-2/h3-5,8,11H,6-7,9-10H2,1-2H3,(H2,15,16,17). The summed E-state index contributed by atoms with van der Waals surface area (Å²) in [5.74, 6) is 2.60. The molecule has 0 radical (unpaired) electrons. The number of guanidine groups is 1. The summed E-state index contributed by atoms with van der Waals surface area (Å²) < 4.78 is 5.20. The van der Waals surface area contributed by atoms with E-state index in [0.29, 0.717) is 0 Å². The minimum atomic E-state index is 0.752. The van der Waals surface area contributed by atoms with Crippen molar-refractivity contribution in [3.8, 4) is 5.75 Å². The molecule has 0 saturated heterocycles. The molecule has 2 rings (SSSR count). The van der Waals surface area contributed by atoms with Gasteiger partial charge >= 0.3 is 0 Å². The average molecular weight is 247 g/mol. The first-order chi connectivity index (χ1) is 8.81. The van der Waals surface area contributed by atoms with Crippen LogP contribution >= 0.6 is 0 Å². The van der Waals surface area contributed by atoms with Crippen LogP contribution in [0.15, 0.2) is 29.3 Å². The summed E-state index contributed by atoms with van der Waals surface area (Å²) in [5.41, 5.74) is 1.18. The smallest absolute Gasteiger partial charge is 0.191 e. The van der Waals surface area contributed by atoms with E-state index in [1.807, 2.05) is 18.2 Å². The molecular weight excluding hydrogens is 226 g/mol. The average Bonchev–Trinajstić information content (AvgIpc) is 3.23. The Morgan fingerprint density at radius 3 is 2.89 bits per heavy atom. The molecule has 0 aromatic heterocycles. The zero-order valence-electron chi connectivity index (χ0n) is 11.1. The number of hydrogen-bond acceptors (Lipinski definition) is 2. The lowest BCUT2D eigenvalue weighted by atomic mass is 10.2. The van der Waals surface area contributed by atoms with Gasteiger partial charge in [0.15, 0.2) is 5.96 Å². The second kappa shape index (κ2) is 6.28. The Hall–Kier alpha value is -1.71. The van der Waals surface area contributed by atoms with Crippen LogP contribution in [0, 0.1) is 5.92 Å². The van der Waals surface area contributed by atoms with E-state index in [2.05, 4.69) is 21.7 Å². The number of benzene rings is 1. The van der Waals surface area contributed by atoms with Gasteiger partial charge in [-0.15, -0.1) is 0 Å². The summed E-state index contributed by atoms with van der Waals surface area (Å²) in [5, 5.41) is 6.64. The first-order valence-corrected chi connectivity index (χ1v) is 6.39. The van der Waals surface area contributed by atoms with E-state index < -0.39 is 0 Å². The van der Waals surface area contributed by atoms with Gasteiger partial charge < -0.3 is 15.4 Å². The van der Waals surface area contributed by atoms with E-state index in [1.54, 1.807) is 14.2 Å². The van der Waals surface area contributed by atoms with E-state index in [4.69, 9.17) is 4.74 Å². The van der Waals surface area contributed by atoms with Crippen LogP contribution in [0.3, 0.4) is 0 Å². The quantitative estimate of drug-likeness (QED) is 0.616. The molecule has 1 aliphatic carbocycles. The zero-order valence-corrected chi connectivity index (χ0v) is 11.1. The van der Waals surface area contributed by atoms with Gasteiger partial charge in [-0.05, 0) is 36.5 Å². The molecule has 0 aliphatic heterocycles. The van der Waals surface area contributed by atoms with Crippen LogP contribution in [0.4, 0.5) is 0 Å². The van der Waals surface area contributed by atoms with Gasteiger partial charge in [-0.2, -0.15) is 0 Å². The van der Waals surface area contributed by atoms with E-state index in [1.165, 1.54) is 18.4 Å². The number of aliphatic imine (C=N–C) groups is 1. The maximum atomic E-state index is 5.20. The lowest BCUT2D eigenvalue weighted by Crippen LogP contribution is -2.37. The highest BCUT2D eigenvalue weighted by Crippen LogP contribution is 2.27. The number of methoxy groups -OCH3 is 1. The number of hydrogen-bond donors (Lipinski definition) is 2. The van der Waals surface area contributed by atoms with E-state index in [-0.39, 0.29) is 0 Å². The number of ether oxygens (including phenoxy) is 1. The van der Waals surface area contributed by atoms with E-state index >= 15 is 0 Å². The summed E-state index contributed by atoms with van der Waals surface area (Å²) in [6, 6.07) is 8.05. The number of nitrogens with zero attached hydrogens (tertiary/aromatic N) is 1. The van der Waals surface area contributed by atoms with Crippen LogP contribution < -0.4 is 15.4 Å². The molecule has 1 aromatic carbocycles. The van der Waals surface area contributed by atoms with Gasteiger partial charge in [-0.1, -0.05) is 12.1 Å². The summed E-state index contributed by atoms with van der Waals surface area (Å²) in [6.07, 6.45) is 2.69. The number of nitrogens with one attached hydrogen (secondary N) is 2. The molecule has 98 valence electrons. The predicted octanol–water partition coefficient (Wildman–Crippen LogP) is 1.77. The highest BCUT2D eigenvalue weighted by atomic mass is 16.5. The van der Waals surface area contributed by atoms with Crippen molar-refractivity contribution in [1.29, 1.82) is 0 Å². The van der Waals surface area contributed by atoms with Crippen molar-refractivity contribution in [3.05, 3.63) is 29.8 Å². The van der Waals surface area contributed by atoms with Crippen LogP contribution in [-0.2, 0) is 6.54 Å². The first kappa shape index (κ1) is 12.7. The van der Waals surface area contributed by atoms with Gasteiger partial charge in [0.25, 0.3) is 0 Å². The van der Waals surface area contributed by atoms with Crippen LogP contribution in [0.25, 0.3) is 0 Å². The third kappa shape index (κ3) is 3.95. The van der Waals surface area contributed by atoms with E-state index in [0.717, 1.165) is 30.7 Å². The van der Waals surface area contributed by atoms with Gasteiger partial charge in [-0.3, -0.25) is 4.99 Å². The fourth-order valence-electron chi connectivity index (χ4n) is 1.75. The Labute approximate surface area is 108 Å². The SMILES string of the molecule is CN=C(NCc1cccc(OC)c1)NCC1CC1. The summed E-state index contributed by atoms with van der Waals surface area (Å²) >= 11 is 0. The van der Waals surface area contributed by atoms with Gasteiger partial charge in [0.1, 0.15) is 5.75 Å². The topological polar surface area (TPSA) is 45.7 Å². The van der Waals surface area contributed by atoms with Gasteiger partial charge in [0, 0.05) is 20.1 Å². The Morgan fingerprint density at radius 2 is 2.22 bits per heavy atom. The third-order valence-corrected chi connectivity index (χ3v) is 3.07. The fourth-order valence-corrected chi connectivity index (χ4v) is 1.75. The van der Waals surface area contributed by atoms with Crippen molar-refractivity contribution >= 4 is 5.96 Å². The predicted molar refractivity (Wildman–Crippen MR) is 73.9 cm³/mol. The van der Waals surface area contributed by atoms with E-state index in [9.17, 15) is 0 Å². The molecule has 0 heterocycles. The van der Waals surface area contributed by atoms with Crippen molar-refractivity contribution in [2.24, 2.45) is 10.9 Å². The lowest BCUT2D eigenvalue weighted by Gasteiger charge is -2.12. The number of rotatable bonds is 5. The Kier molecular flexibility index (Phi) is 4.45. The Bertz CT molecular complexity index is 413. The molecule has 4 heteroatoms.